The van der Waals surface area contributed by atoms with E-state index >= 15 is 0 Å². The van der Waals surface area contributed by atoms with Crippen LogP contribution in [-0.4, -0.2) is 62.6 Å². The van der Waals surface area contributed by atoms with Crippen molar-refractivity contribution in [1.29, 1.82) is 0 Å². The van der Waals surface area contributed by atoms with Crippen molar-refractivity contribution < 1.29 is 32.2 Å². The summed E-state index contributed by atoms with van der Waals surface area (Å²) < 4.78 is 42.7. The number of unbranched alkanes of at least 4 members (excludes halogenated alkanes) is 1. The maximum atomic E-state index is 13.0. The summed E-state index contributed by atoms with van der Waals surface area (Å²) in [5.74, 6) is -1.27. The minimum atomic E-state index is -3.54. The third-order valence-electron chi connectivity index (χ3n) is 6.56. The number of fused-ring (bicyclic) bond motifs is 1. The van der Waals surface area contributed by atoms with Crippen molar-refractivity contribution in [3.05, 3.63) is 66.1 Å². The fourth-order valence-corrected chi connectivity index (χ4v) is 6.14. The molecule has 38 heavy (non-hydrogen) atoms. The molecule has 0 bridgehead atoms. The molecule has 2 aromatic carbocycles. The number of aliphatic hydroxyl groups is 1. The molecule has 1 saturated heterocycles. The Labute approximate surface area is 223 Å². The number of hydrogen-bond acceptors (Lipinski definition) is 8. The number of nitrogens with zero attached hydrogens (tertiary/aromatic N) is 1. The van der Waals surface area contributed by atoms with Crippen LogP contribution in [0.3, 0.4) is 0 Å². The molecule has 1 aromatic heterocycles. The smallest absolute Gasteiger partial charge is 0.226 e. The molecule has 206 valence electrons. The second-order valence-corrected chi connectivity index (χ2v) is 11.8. The Balaban J connectivity index is 1.26. The molecule has 9 nitrogen and oxygen atoms in total. The first-order valence-corrected chi connectivity index (χ1v) is 15.0. The fourth-order valence-electron chi connectivity index (χ4n) is 4.46. The van der Waals surface area contributed by atoms with E-state index in [0.29, 0.717) is 55.7 Å². The van der Waals surface area contributed by atoms with Crippen molar-refractivity contribution >= 4 is 26.8 Å². The Morgan fingerprint density at radius 2 is 1.82 bits per heavy atom. The van der Waals surface area contributed by atoms with Gasteiger partial charge in [-0.05, 0) is 49.8 Å². The average Bonchev–Trinajstić information content (AvgIpc) is 3.36. The quantitative estimate of drug-likeness (QED) is 0.295. The Hall–Kier alpha value is -2.79. The van der Waals surface area contributed by atoms with Crippen molar-refractivity contribution in [2.45, 2.75) is 50.1 Å². The molecular weight excluding hydrogens is 508 g/mol. The van der Waals surface area contributed by atoms with Crippen molar-refractivity contribution in [2.75, 3.05) is 32.1 Å². The van der Waals surface area contributed by atoms with E-state index < -0.39 is 21.9 Å². The molecule has 2 atom stereocenters. The minimum absolute atomic E-state index is 0.0378. The van der Waals surface area contributed by atoms with Gasteiger partial charge in [0.25, 0.3) is 0 Å². The van der Waals surface area contributed by atoms with Gasteiger partial charge in [-0.3, -0.25) is 4.79 Å². The van der Waals surface area contributed by atoms with E-state index in [1.807, 2.05) is 24.3 Å². The molecule has 1 aliphatic rings. The normalized spacial score (nSPS) is 16.3. The van der Waals surface area contributed by atoms with E-state index in [9.17, 15) is 18.3 Å². The number of carbonyl (C=O) groups excluding carboxylic acids is 1. The highest BCUT2D eigenvalue weighted by Crippen LogP contribution is 2.23. The zero-order valence-corrected chi connectivity index (χ0v) is 22.3. The van der Waals surface area contributed by atoms with Gasteiger partial charge in [0.15, 0.2) is 15.4 Å². The molecule has 0 radical (unpaired) electrons. The number of sulfone groups is 1. The van der Waals surface area contributed by atoms with Gasteiger partial charge in [-0.2, -0.15) is 0 Å². The third kappa shape index (κ3) is 8.62. The number of para-hydroxylation sites is 2. The largest absolute Gasteiger partial charge is 0.438 e. The molecule has 1 aliphatic heterocycles. The second kappa shape index (κ2) is 13.8. The van der Waals surface area contributed by atoms with Gasteiger partial charge in [-0.1, -0.05) is 42.5 Å². The first-order chi connectivity index (χ1) is 18.4. The van der Waals surface area contributed by atoms with Crippen LogP contribution in [0.25, 0.3) is 11.1 Å². The molecule has 2 heterocycles. The summed E-state index contributed by atoms with van der Waals surface area (Å²) in [5.41, 5.74) is 2.02. The van der Waals surface area contributed by atoms with Crippen molar-refractivity contribution in [1.82, 2.24) is 10.3 Å². The topological polar surface area (TPSA) is 128 Å². The van der Waals surface area contributed by atoms with E-state index in [-0.39, 0.29) is 36.0 Å². The minimum Gasteiger partial charge on any atom is -0.438 e. The Kier molecular flexibility index (Phi) is 10.3. The Morgan fingerprint density at radius 1 is 1.08 bits per heavy atom. The molecule has 1 fully saturated rings. The first kappa shape index (κ1) is 28.2. The summed E-state index contributed by atoms with van der Waals surface area (Å²) in [5, 5.41) is 13.3. The number of aromatic nitrogens is 1. The number of amides is 1. The highest BCUT2D eigenvalue weighted by molar-refractivity contribution is 7.90. The van der Waals surface area contributed by atoms with Gasteiger partial charge in [-0.15, -0.1) is 0 Å². The standard InChI is InChI=1S/C28H36N2O7S/c31-25(28-30-24-10-4-5-12-26(24)37-28)11-6-7-15-29-27(32)22(18-36-23-13-16-35-17-14-23)20-38(33,34)19-21-8-2-1-3-9-21/h1-5,8-10,12,22-23,25,31H,6-7,11,13-20H2,(H,29,32)/t22?,25-/m0/s1. The van der Waals surface area contributed by atoms with Crippen LogP contribution < -0.4 is 5.32 Å². The monoisotopic (exact) mass is 544 g/mol. The molecule has 10 heteroatoms. The summed E-state index contributed by atoms with van der Waals surface area (Å²) in [6.45, 7) is 1.61. The number of carbonyl (C=O) groups is 1. The van der Waals surface area contributed by atoms with E-state index in [2.05, 4.69) is 10.3 Å². The van der Waals surface area contributed by atoms with Crippen molar-refractivity contribution in [3.8, 4) is 0 Å². The summed E-state index contributed by atoms with van der Waals surface area (Å²) in [6.07, 6.45) is 2.28. The zero-order chi connectivity index (χ0) is 26.8. The number of oxazole rings is 1. The molecule has 0 spiro atoms. The van der Waals surface area contributed by atoms with Crippen LogP contribution in [0.4, 0.5) is 0 Å². The molecule has 4 rings (SSSR count). The predicted octanol–water partition coefficient (Wildman–Crippen LogP) is 3.57. The van der Waals surface area contributed by atoms with Crippen LogP contribution in [0.1, 0.15) is 49.7 Å². The van der Waals surface area contributed by atoms with Crippen LogP contribution in [0.2, 0.25) is 0 Å². The van der Waals surface area contributed by atoms with Crippen LogP contribution in [0, 0.1) is 5.92 Å². The highest BCUT2D eigenvalue weighted by Gasteiger charge is 2.28. The number of aliphatic hydroxyl groups excluding tert-OH is 1. The van der Waals surface area contributed by atoms with Gasteiger partial charge >= 0.3 is 0 Å². The van der Waals surface area contributed by atoms with Crippen LogP contribution in [-0.2, 0) is 29.9 Å². The molecule has 1 unspecified atom stereocenters. The lowest BCUT2D eigenvalue weighted by Gasteiger charge is -2.25. The Bertz CT molecular complexity index is 1220. The number of ether oxygens (including phenoxy) is 2. The molecule has 0 aliphatic carbocycles. The van der Waals surface area contributed by atoms with Crippen LogP contribution in [0.15, 0.2) is 59.0 Å². The summed E-state index contributed by atoms with van der Waals surface area (Å²) in [7, 11) is -3.54. The van der Waals surface area contributed by atoms with Crippen molar-refractivity contribution in [2.24, 2.45) is 5.92 Å². The Morgan fingerprint density at radius 3 is 2.58 bits per heavy atom. The molecule has 3 aromatic rings. The maximum Gasteiger partial charge on any atom is 0.226 e. The zero-order valence-electron chi connectivity index (χ0n) is 21.5. The van der Waals surface area contributed by atoms with Gasteiger partial charge in [0.1, 0.15) is 11.6 Å². The average molecular weight is 545 g/mol. The third-order valence-corrected chi connectivity index (χ3v) is 8.24. The maximum absolute atomic E-state index is 13.0. The SMILES string of the molecule is O=C(NCCCC[C@H](O)c1nc2ccccc2o1)C(COC1CCOCC1)CS(=O)(=O)Cc1ccccc1. The lowest BCUT2D eigenvalue weighted by atomic mass is 10.1. The van der Waals surface area contributed by atoms with E-state index in [1.54, 1.807) is 30.3 Å². The van der Waals surface area contributed by atoms with E-state index in [0.717, 1.165) is 12.8 Å². The van der Waals surface area contributed by atoms with Gasteiger partial charge in [0, 0.05) is 19.8 Å². The lowest BCUT2D eigenvalue weighted by Crippen LogP contribution is -2.39. The lowest BCUT2D eigenvalue weighted by molar-refractivity contribution is -0.127. The number of hydrogen-bond donors (Lipinski definition) is 2. The van der Waals surface area contributed by atoms with Crippen molar-refractivity contribution in [3.63, 3.8) is 0 Å². The van der Waals surface area contributed by atoms with Gasteiger partial charge < -0.3 is 24.3 Å². The molecular formula is C28H36N2O7S. The second-order valence-electron chi connectivity index (χ2n) is 9.70. The number of rotatable bonds is 14. The first-order valence-electron chi connectivity index (χ1n) is 13.1. The fraction of sp³-hybridized carbons (Fsp3) is 0.500. The highest BCUT2D eigenvalue weighted by atomic mass is 32.2. The van der Waals surface area contributed by atoms with Crippen LogP contribution >= 0.6 is 0 Å². The summed E-state index contributed by atoms with van der Waals surface area (Å²) in [4.78, 5) is 17.3. The van der Waals surface area contributed by atoms with Gasteiger partial charge in [0.2, 0.25) is 11.8 Å². The number of nitrogens with one attached hydrogen (secondary N) is 1. The molecule has 1 amide bonds. The van der Waals surface area contributed by atoms with E-state index in [1.165, 1.54) is 0 Å². The van der Waals surface area contributed by atoms with Gasteiger partial charge in [0.05, 0.1) is 30.1 Å². The van der Waals surface area contributed by atoms with Crippen LogP contribution in [0.5, 0.6) is 0 Å². The number of benzene rings is 2. The van der Waals surface area contributed by atoms with E-state index in [4.69, 9.17) is 13.9 Å². The summed E-state index contributed by atoms with van der Waals surface area (Å²) in [6, 6.07) is 16.3. The van der Waals surface area contributed by atoms with Gasteiger partial charge in [-0.25, -0.2) is 13.4 Å². The molecule has 0 saturated carbocycles. The summed E-state index contributed by atoms with van der Waals surface area (Å²) >= 11 is 0. The molecule has 2 N–H and O–H groups in total. The predicted molar refractivity (Wildman–Crippen MR) is 143 cm³/mol.